The summed E-state index contributed by atoms with van der Waals surface area (Å²) in [6, 6.07) is 0.506. The number of rotatable bonds is 3. The van der Waals surface area contributed by atoms with E-state index in [0.29, 0.717) is 30.0 Å². The number of sulfone groups is 1. The topological polar surface area (TPSA) is 58.5 Å². The van der Waals surface area contributed by atoms with Crippen LogP contribution in [0.4, 0.5) is 0 Å². The highest BCUT2D eigenvalue weighted by Gasteiger charge is 2.28. The van der Waals surface area contributed by atoms with E-state index in [2.05, 4.69) is 24.2 Å². The number of amidine groups is 1. The van der Waals surface area contributed by atoms with Gasteiger partial charge in [-0.3, -0.25) is 4.99 Å². The standard InChI is InChI=1S/C11H20N2O2S2/c1-8(2)10-6-16-11(13-10)12-5-9-3-4-17(14,15)7-9/h8-10H,3-7H2,1-2H3,(H,12,13)/t9?,10-/m1/s1. The van der Waals surface area contributed by atoms with Crippen LogP contribution in [0.2, 0.25) is 0 Å². The van der Waals surface area contributed by atoms with Crippen molar-refractivity contribution in [2.24, 2.45) is 16.8 Å². The molecular formula is C11H20N2O2S2. The number of nitrogens with one attached hydrogen (secondary N) is 1. The van der Waals surface area contributed by atoms with Gasteiger partial charge in [-0.25, -0.2) is 8.42 Å². The van der Waals surface area contributed by atoms with Crippen LogP contribution in [0.3, 0.4) is 0 Å². The fraction of sp³-hybridized carbons (Fsp3) is 0.909. The zero-order chi connectivity index (χ0) is 12.5. The van der Waals surface area contributed by atoms with Crippen molar-refractivity contribution in [1.82, 2.24) is 5.32 Å². The summed E-state index contributed by atoms with van der Waals surface area (Å²) in [7, 11) is -2.76. The highest BCUT2D eigenvalue weighted by molar-refractivity contribution is 8.14. The Morgan fingerprint density at radius 1 is 1.53 bits per heavy atom. The summed E-state index contributed by atoms with van der Waals surface area (Å²) in [5.74, 6) is 2.58. The predicted molar refractivity (Wildman–Crippen MR) is 73.3 cm³/mol. The van der Waals surface area contributed by atoms with Crippen molar-refractivity contribution in [3.63, 3.8) is 0 Å². The van der Waals surface area contributed by atoms with Crippen LogP contribution in [0.5, 0.6) is 0 Å². The summed E-state index contributed by atoms with van der Waals surface area (Å²) in [5.41, 5.74) is 0. The third-order valence-electron chi connectivity index (χ3n) is 3.33. The van der Waals surface area contributed by atoms with Crippen molar-refractivity contribution in [2.75, 3.05) is 23.8 Å². The molecule has 2 atom stereocenters. The summed E-state index contributed by atoms with van der Waals surface area (Å²) in [5, 5.41) is 4.39. The zero-order valence-electron chi connectivity index (χ0n) is 10.3. The molecule has 1 unspecified atom stereocenters. The molecular weight excluding hydrogens is 256 g/mol. The zero-order valence-corrected chi connectivity index (χ0v) is 12.0. The second-order valence-electron chi connectivity index (χ2n) is 5.22. The molecule has 0 bridgehead atoms. The lowest BCUT2D eigenvalue weighted by molar-refractivity contribution is 0.502. The largest absolute Gasteiger partial charge is 0.361 e. The molecule has 2 saturated heterocycles. The van der Waals surface area contributed by atoms with Gasteiger partial charge in [0.2, 0.25) is 0 Å². The number of hydrogen-bond donors (Lipinski definition) is 1. The Labute approximate surface area is 108 Å². The van der Waals surface area contributed by atoms with E-state index in [1.165, 1.54) is 0 Å². The SMILES string of the molecule is CC(C)[C@H]1CSC(=NCC2CCS(=O)(=O)C2)N1. The van der Waals surface area contributed by atoms with Gasteiger partial charge in [0.05, 0.1) is 11.5 Å². The molecule has 2 heterocycles. The molecule has 0 radical (unpaired) electrons. The van der Waals surface area contributed by atoms with E-state index in [1.807, 2.05) is 0 Å². The summed E-state index contributed by atoms with van der Waals surface area (Å²) < 4.78 is 22.6. The lowest BCUT2D eigenvalue weighted by atomic mass is 10.1. The second-order valence-corrected chi connectivity index (χ2v) is 8.46. The average Bonchev–Trinajstić information content (AvgIpc) is 2.81. The van der Waals surface area contributed by atoms with Crippen molar-refractivity contribution in [2.45, 2.75) is 26.3 Å². The molecule has 0 spiro atoms. The maximum Gasteiger partial charge on any atom is 0.156 e. The molecule has 0 saturated carbocycles. The highest BCUT2D eigenvalue weighted by atomic mass is 32.2. The van der Waals surface area contributed by atoms with Gasteiger partial charge in [-0.2, -0.15) is 0 Å². The highest BCUT2D eigenvalue weighted by Crippen LogP contribution is 2.22. The molecule has 0 aromatic carbocycles. The Morgan fingerprint density at radius 3 is 2.82 bits per heavy atom. The first-order chi connectivity index (χ1) is 7.96. The fourth-order valence-corrected chi connectivity index (χ4v) is 5.14. The third kappa shape index (κ3) is 3.61. The van der Waals surface area contributed by atoms with Gasteiger partial charge in [0.15, 0.2) is 15.0 Å². The van der Waals surface area contributed by atoms with Gasteiger partial charge in [0.25, 0.3) is 0 Å². The van der Waals surface area contributed by atoms with E-state index in [9.17, 15) is 8.42 Å². The summed E-state index contributed by atoms with van der Waals surface area (Å²) in [6.45, 7) is 5.05. The van der Waals surface area contributed by atoms with Gasteiger partial charge < -0.3 is 5.32 Å². The lowest BCUT2D eigenvalue weighted by Gasteiger charge is -2.13. The quantitative estimate of drug-likeness (QED) is 0.840. The molecule has 0 aromatic rings. The van der Waals surface area contributed by atoms with Crippen LogP contribution < -0.4 is 5.32 Å². The molecule has 17 heavy (non-hydrogen) atoms. The minimum atomic E-state index is -2.76. The Hall–Kier alpha value is -0.230. The van der Waals surface area contributed by atoms with E-state index < -0.39 is 9.84 Å². The van der Waals surface area contributed by atoms with E-state index in [-0.39, 0.29) is 5.92 Å². The molecule has 6 heteroatoms. The lowest BCUT2D eigenvalue weighted by Crippen LogP contribution is -2.31. The van der Waals surface area contributed by atoms with Crippen molar-refractivity contribution >= 4 is 26.8 Å². The van der Waals surface area contributed by atoms with Crippen molar-refractivity contribution in [3.05, 3.63) is 0 Å². The van der Waals surface area contributed by atoms with Crippen LogP contribution >= 0.6 is 11.8 Å². The third-order valence-corrected chi connectivity index (χ3v) is 6.22. The van der Waals surface area contributed by atoms with Crippen LogP contribution in [0.1, 0.15) is 20.3 Å². The molecule has 0 aliphatic carbocycles. The average molecular weight is 276 g/mol. The number of thioether (sulfide) groups is 1. The molecule has 2 fully saturated rings. The van der Waals surface area contributed by atoms with E-state index in [4.69, 9.17) is 0 Å². The Morgan fingerprint density at radius 2 is 2.29 bits per heavy atom. The molecule has 2 rings (SSSR count). The van der Waals surface area contributed by atoms with Crippen molar-refractivity contribution < 1.29 is 8.42 Å². The van der Waals surface area contributed by atoms with Gasteiger partial charge >= 0.3 is 0 Å². The normalized spacial score (nSPS) is 34.4. The summed E-state index contributed by atoms with van der Waals surface area (Å²) in [6.07, 6.45) is 0.775. The Kier molecular flexibility index (Phi) is 4.02. The van der Waals surface area contributed by atoms with Gasteiger partial charge in [0.1, 0.15) is 0 Å². The smallest absolute Gasteiger partial charge is 0.156 e. The van der Waals surface area contributed by atoms with Crippen LogP contribution in [-0.4, -0.2) is 43.4 Å². The van der Waals surface area contributed by atoms with Crippen molar-refractivity contribution in [1.29, 1.82) is 0 Å². The van der Waals surface area contributed by atoms with E-state index in [0.717, 1.165) is 17.3 Å². The molecule has 4 nitrogen and oxygen atoms in total. The second kappa shape index (κ2) is 5.18. The maximum atomic E-state index is 11.3. The minimum Gasteiger partial charge on any atom is -0.361 e. The summed E-state index contributed by atoms with van der Waals surface area (Å²) >= 11 is 1.75. The molecule has 2 aliphatic heterocycles. The van der Waals surface area contributed by atoms with Crippen LogP contribution in [0.25, 0.3) is 0 Å². The molecule has 0 aromatic heterocycles. The fourth-order valence-electron chi connectivity index (χ4n) is 2.09. The predicted octanol–water partition coefficient (Wildman–Crippen LogP) is 1.14. The first-order valence-electron chi connectivity index (χ1n) is 6.10. The van der Waals surface area contributed by atoms with Crippen LogP contribution in [-0.2, 0) is 9.84 Å². The number of hydrogen-bond acceptors (Lipinski definition) is 4. The van der Waals surface area contributed by atoms with E-state index >= 15 is 0 Å². The van der Waals surface area contributed by atoms with E-state index in [1.54, 1.807) is 11.8 Å². The van der Waals surface area contributed by atoms with Crippen LogP contribution in [0.15, 0.2) is 4.99 Å². The first kappa shape index (κ1) is 13.2. The maximum absolute atomic E-state index is 11.3. The Balaban J connectivity index is 1.83. The minimum absolute atomic E-state index is 0.230. The van der Waals surface area contributed by atoms with Crippen molar-refractivity contribution in [3.8, 4) is 0 Å². The molecule has 1 N–H and O–H groups in total. The molecule has 2 aliphatic rings. The Bertz CT molecular complexity index is 404. The number of aliphatic imine (C=N–C) groups is 1. The first-order valence-corrected chi connectivity index (χ1v) is 8.91. The monoisotopic (exact) mass is 276 g/mol. The van der Waals surface area contributed by atoms with Gasteiger partial charge in [0, 0.05) is 18.3 Å². The molecule has 98 valence electrons. The van der Waals surface area contributed by atoms with Gasteiger partial charge in [-0.15, -0.1) is 0 Å². The van der Waals surface area contributed by atoms with Gasteiger partial charge in [-0.1, -0.05) is 25.6 Å². The van der Waals surface area contributed by atoms with Crippen LogP contribution in [0, 0.1) is 11.8 Å². The molecule has 0 amide bonds. The number of nitrogens with zero attached hydrogens (tertiary/aromatic N) is 1. The summed E-state index contributed by atoms with van der Waals surface area (Å²) in [4.78, 5) is 4.51. The van der Waals surface area contributed by atoms with Gasteiger partial charge in [-0.05, 0) is 18.3 Å².